The highest BCUT2D eigenvalue weighted by atomic mass is 35.5. The molecule has 0 bridgehead atoms. The molecule has 19 heavy (non-hydrogen) atoms. The molecule has 1 saturated carbocycles. The number of nitrogens with zero attached hydrogens (tertiary/aromatic N) is 1. The van der Waals surface area contributed by atoms with Crippen LogP contribution in [0, 0.1) is 5.92 Å². The highest BCUT2D eigenvalue weighted by Gasteiger charge is 2.30. The van der Waals surface area contributed by atoms with Crippen LogP contribution >= 0.6 is 11.6 Å². The predicted molar refractivity (Wildman–Crippen MR) is 79.2 cm³/mol. The van der Waals surface area contributed by atoms with Gasteiger partial charge in [0.05, 0.1) is 6.10 Å². The third kappa shape index (κ3) is 3.69. The molecule has 0 amide bonds. The number of hydrogen-bond acceptors (Lipinski definition) is 3. The lowest BCUT2D eigenvalue weighted by Gasteiger charge is -2.39. The van der Waals surface area contributed by atoms with Gasteiger partial charge >= 0.3 is 0 Å². The summed E-state index contributed by atoms with van der Waals surface area (Å²) in [6, 6.07) is 8.15. The molecule has 1 aliphatic rings. The first kappa shape index (κ1) is 14.8. The molecule has 3 N–H and O–H groups in total. The lowest BCUT2D eigenvalue weighted by Crippen LogP contribution is -2.43. The molecule has 2 rings (SSSR count). The fraction of sp³-hybridized carbons (Fsp3) is 0.600. The summed E-state index contributed by atoms with van der Waals surface area (Å²) >= 11 is 5.93. The van der Waals surface area contributed by atoms with Crippen molar-refractivity contribution in [2.75, 3.05) is 13.6 Å². The molecule has 106 valence electrons. The quantitative estimate of drug-likeness (QED) is 0.872. The minimum atomic E-state index is -0.0947. The van der Waals surface area contributed by atoms with Crippen LogP contribution in [0.2, 0.25) is 5.02 Å². The van der Waals surface area contributed by atoms with Gasteiger partial charge in [0.25, 0.3) is 0 Å². The number of aliphatic hydroxyl groups is 1. The molecule has 0 spiro atoms. The molecular formula is C15H23ClN2O. The highest BCUT2D eigenvalue weighted by Crippen LogP contribution is 2.31. The van der Waals surface area contributed by atoms with Crippen molar-refractivity contribution in [3.8, 4) is 0 Å². The molecule has 1 fully saturated rings. The van der Waals surface area contributed by atoms with Gasteiger partial charge in [0.2, 0.25) is 0 Å². The van der Waals surface area contributed by atoms with Crippen LogP contribution in [0.1, 0.15) is 31.4 Å². The summed E-state index contributed by atoms with van der Waals surface area (Å²) in [5.74, 6) is 0.591. The van der Waals surface area contributed by atoms with E-state index in [4.69, 9.17) is 17.3 Å². The van der Waals surface area contributed by atoms with Gasteiger partial charge in [0.15, 0.2) is 0 Å². The Bertz CT molecular complexity index is 401. The minimum absolute atomic E-state index is 0.0520. The Balaban J connectivity index is 2.04. The van der Waals surface area contributed by atoms with Crippen molar-refractivity contribution in [3.05, 3.63) is 34.9 Å². The number of nitrogens with two attached hydrogens (primary N) is 1. The van der Waals surface area contributed by atoms with Crippen LogP contribution in [0.4, 0.5) is 0 Å². The summed E-state index contributed by atoms with van der Waals surface area (Å²) in [5, 5.41) is 10.1. The molecule has 4 heteroatoms. The smallest absolute Gasteiger partial charge is 0.0546 e. The van der Waals surface area contributed by atoms with Crippen LogP contribution in [0.15, 0.2) is 24.3 Å². The monoisotopic (exact) mass is 282 g/mol. The van der Waals surface area contributed by atoms with E-state index < -0.39 is 0 Å². The molecule has 0 heterocycles. The van der Waals surface area contributed by atoms with Gasteiger partial charge in [-0.1, -0.05) is 23.7 Å². The molecule has 1 aliphatic carbocycles. The van der Waals surface area contributed by atoms with E-state index in [2.05, 4.69) is 11.9 Å². The fourth-order valence-corrected chi connectivity index (χ4v) is 3.12. The van der Waals surface area contributed by atoms with Gasteiger partial charge in [-0.2, -0.15) is 0 Å². The Hall–Kier alpha value is -0.610. The van der Waals surface area contributed by atoms with E-state index in [1.54, 1.807) is 0 Å². The maximum atomic E-state index is 9.37. The molecule has 2 atom stereocenters. The average molecular weight is 283 g/mol. The van der Waals surface area contributed by atoms with E-state index in [1.165, 1.54) is 5.56 Å². The first-order valence-corrected chi connectivity index (χ1v) is 7.24. The van der Waals surface area contributed by atoms with Gasteiger partial charge < -0.3 is 10.8 Å². The summed E-state index contributed by atoms with van der Waals surface area (Å²) in [7, 11) is 2.10. The van der Waals surface area contributed by atoms with Gasteiger partial charge in [-0.25, -0.2) is 0 Å². The minimum Gasteiger partial charge on any atom is -0.393 e. The third-order valence-electron chi connectivity index (χ3n) is 3.94. The lowest BCUT2D eigenvalue weighted by molar-refractivity contribution is 0.0203. The van der Waals surface area contributed by atoms with E-state index in [0.29, 0.717) is 5.92 Å². The van der Waals surface area contributed by atoms with Gasteiger partial charge in [0, 0.05) is 23.7 Å². The third-order valence-corrected chi connectivity index (χ3v) is 4.19. The first-order valence-electron chi connectivity index (χ1n) is 6.86. The van der Waals surface area contributed by atoms with Crippen LogP contribution in [-0.2, 0) is 0 Å². The van der Waals surface area contributed by atoms with Gasteiger partial charge in [-0.3, -0.25) is 4.90 Å². The molecule has 2 unspecified atom stereocenters. The van der Waals surface area contributed by atoms with Crippen LogP contribution < -0.4 is 5.73 Å². The average Bonchev–Trinajstić information content (AvgIpc) is 2.29. The van der Waals surface area contributed by atoms with Crippen LogP contribution in [-0.4, -0.2) is 35.7 Å². The second kappa shape index (κ2) is 6.23. The standard InChI is InChI=1S/C15H23ClN2O/c1-10(17)15(12-3-5-13(16)6-4-12)18(2)9-11-7-14(19)8-11/h3-6,10-11,14-15,19H,7-9,17H2,1-2H3. The van der Waals surface area contributed by atoms with Crippen molar-refractivity contribution >= 4 is 11.6 Å². The predicted octanol–water partition coefficient (Wildman–Crippen LogP) is 2.43. The summed E-state index contributed by atoms with van der Waals surface area (Å²) in [6.07, 6.45) is 1.73. The Morgan fingerprint density at radius 1 is 1.37 bits per heavy atom. The number of likely N-dealkylation sites (N-methyl/N-ethyl adjacent to an activating group) is 1. The number of halogens is 1. The molecule has 3 nitrogen and oxygen atoms in total. The van der Waals surface area contributed by atoms with Crippen molar-refractivity contribution < 1.29 is 5.11 Å². The summed E-state index contributed by atoms with van der Waals surface area (Å²) in [4.78, 5) is 2.30. The number of hydrogen-bond donors (Lipinski definition) is 2. The number of aliphatic hydroxyl groups excluding tert-OH is 1. The Kier molecular flexibility index (Phi) is 4.85. The largest absolute Gasteiger partial charge is 0.393 e. The second-order valence-corrected chi connectivity index (χ2v) is 6.22. The molecule has 1 aromatic carbocycles. The SMILES string of the molecule is CC(N)C(c1ccc(Cl)cc1)N(C)CC1CC(O)C1. The van der Waals surface area contributed by atoms with Crippen molar-refractivity contribution in [1.82, 2.24) is 4.90 Å². The zero-order valence-electron chi connectivity index (χ0n) is 11.6. The number of rotatable bonds is 5. The van der Waals surface area contributed by atoms with E-state index in [-0.39, 0.29) is 18.2 Å². The van der Waals surface area contributed by atoms with Gasteiger partial charge in [-0.05, 0) is 50.4 Å². The van der Waals surface area contributed by atoms with Crippen LogP contribution in [0.3, 0.4) is 0 Å². The molecule has 0 saturated heterocycles. The van der Waals surface area contributed by atoms with Crippen LogP contribution in [0.25, 0.3) is 0 Å². The Morgan fingerprint density at radius 2 is 1.95 bits per heavy atom. The lowest BCUT2D eigenvalue weighted by atomic mass is 9.81. The normalized spacial score (nSPS) is 26.0. The molecule has 1 aromatic rings. The van der Waals surface area contributed by atoms with Crippen LogP contribution in [0.5, 0.6) is 0 Å². The van der Waals surface area contributed by atoms with Crippen molar-refractivity contribution in [2.24, 2.45) is 11.7 Å². The Labute approximate surface area is 120 Å². The van der Waals surface area contributed by atoms with Gasteiger partial charge in [-0.15, -0.1) is 0 Å². The highest BCUT2D eigenvalue weighted by molar-refractivity contribution is 6.30. The second-order valence-electron chi connectivity index (χ2n) is 5.79. The summed E-state index contributed by atoms with van der Waals surface area (Å²) in [5.41, 5.74) is 7.34. The number of benzene rings is 1. The first-order chi connectivity index (χ1) is 8.97. The topological polar surface area (TPSA) is 49.5 Å². The summed E-state index contributed by atoms with van der Waals surface area (Å²) < 4.78 is 0. The van der Waals surface area contributed by atoms with E-state index >= 15 is 0 Å². The van der Waals surface area contributed by atoms with Crippen molar-refractivity contribution in [2.45, 2.75) is 38.0 Å². The van der Waals surface area contributed by atoms with E-state index in [1.807, 2.05) is 31.2 Å². The summed E-state index contributed by atoms with van der Waals surface area (Å²) in [6.45, 7) is 3.01. The molecular weight excluding hydrogens is 260 g/mol. The zero-order chi connectivity index (χ0) is 14.0. The van der Waals surface area contributed by atoms with E-state index in [9.17, 15) is 5.11 Å². The molecule has 0 aromatic heterocycles. The Morgan fingerprint density at radius 3 is 2.42 bits per heavy atom. The maximum absolute atomic E-state index is 9.37. The molecule has 0 radical (unpaired) electrons. The molecule has 0 aliphatic heterocycles. The van der Waals surface area contributed by atoms with Crippen molar-refractivity contribution in [1.29, 1.82) is 0 Å². The maximum Gasteiger partial charge on any atom is 0.0546 e. The fourth-order valence-electron chi connectivity index (χ4n) is 2.99. The zero-order valence-corrected chi connectivity index (χ0v) is 12.3. The van der Waals surface area contributed by atoms with Crippen molar-refractivity contribution in [3.63, 3.8) is 0 Å². The van der Waals surface area contributed by atoms with Gasteiger partial charge in [0.1, 0.15) is 0 Å². The van der Waals surface area contributed by atoms with E-state index in [0.717, 1.165) is 24.4 Å².